The van der Waals surface area contributed by atoms with Crippen molar-refractivity contribution in [2.75, 3.05) is 12.8 Å². The largest absolute Gasteiger partial charge is 0.495 e. The van der Waals surface area contributed by atoms with Gasteiger partial charge in [-0.05, 0) is 24.3 Å². The lowest BCUT2D eigenvalue weighted by Crippen LogP contribution is -2.02. The minimum absolute atomic E-state index is 0.382. The summed E-state index contributed by atoms with van der Waals surface area (Å²) in [7, 11) is 1.63. The molecule has 0 aliphatic heterocycles. The van der Waals surface area contributed by atoms with Crippen LogP contribution in [0.3, 0.4) is 0 Å². The van der Waals surface area contributed by atoms with Crippen molar-refractivity contribution in [2.24, 2.45) is 0 Å². The Labute approximate surface area is 115 Å². The topological polar surface area (TPSA) is 53.1 Å². The zero-order valence-corrected chi connectivity index (χ0v) is 11.1. The molecule has 0 saturated carbocycles. The van der Waals surface area contributed by atoms with Crippen LogP contribution in [-0.4, -0.2) is 16.7 Å². The van der Waals surface area contributed by atoms with E-state index in [2.05, 4.69) is 4.98 Å². The summed E-state index contributed by atoms with van der Waals surface area (Å²) in [4.78, 5) is 4.32. The van der Waals surface area contributed by atoms with Crippen molar-refractivity contribution in [3.05, 3.63) is 47.5 Å². The molecule has 1 aromatic heterocycles. The lowest BCUT2D eigenvalue weighted by Gasteiger charge is -2.11. The average molecular weight is 274 g/mol. The summed E-state index contributed by atoms with van der Waals surface area (Å²) in [6.45, 7) is 0. The molecule has 5 heteroatoms. The molecule has 0 amide bonds. The van der Waals surface area contributed by atoms with E-state index in [1.807, 2.05) is 41.0 Å². The van der Waals surface area contributed by atoms with Gasteiger partial charge in [0.2, 0.25) is 5.95 Å². The maximum atomic E-state index is 6.14. The van der Waals surface area contributed by atoms with Gasteiger partial charge in [-0.15, -0.1) is 0 Å². The molecule has 2 aromatic carbocycles. The number of hydrogen-bond donors (Lipinski definition) is 1. The number of methoxy groups -OCH3 is 1. The van der Waals surface area contributed by atoms with E-state index in [-0.39, 0.29) is 0 Å². The van der Waals surface area contributed by atoms with Crippen LogP contribution in [0.4, 0.5) is 5.95 Å². The molecule has 0 fully saturated rings. The molecule has 0 atom stereocenters. The molecule has 19 heavy (non-hydrogen) atoms. The summed E-state index contributed by atoms with van der Waals surface area (Å²) in [6, 6.07) is 13.2. The van der Waals surface area contributed by atoms with E-state index >= 15 is 0 Å². The van der Waals surface area contributed by atoms with Gasteiger partial charge in [-0.3, -0.25) is 4.57 Å². The second kappa shape index (κ2) is 4.48. The third-order valence-corrected chi connectivity index (χ3v) is 3.29. The number of ether oxygens (including phenoxy) is 1. The monoisotopic (exact) mass is 273 g/mol. The Morgan fingerprint density at radius 3 is 2.74 bits per heavy atom. The number of benzene rings is 2. The van der Waals surface area contributed by atoms with Gasteiger partial charge in [-0.1, -0.05) is 29.8 Å². The maximum absolute atomic E-state index is 6.14. The summed E-state index contributed by atoms with van der Waals surface area (Å²) in [5.41, 5.74) is 8.40. The third kappa shape index (κ3) is 1.81. The fourth-order valence-corrected chi connectivity index (χ4v) is 2.36. The number of rotatable bonds is 2. The SMILES string of the molecule is COc1ccccc1-n1c(N)nc2c(Cl)cccc21. The molecule has 2 N–H and O–H groups in total. The van der Waals surface area contributed by atoms with Crippen LogP contribution in [0.15, 0.2) is 42.5 Å². The van der Waals surface area contributed by atoms with Gasteiger partial charge in [0.05, 0.1) is 23.3 Å². The number of para-hydroxylation sites is 3. The quantitative estimate of drug-likeness (QED) is 0.780. The highest BCUT2D eigenvalue weighted by atomic mass is 35.5. The van der Waals surface area contributed by atoms with Gasteiger partial charge in [0.15, 0.2) is 0 Å². The Balaban J connectivity index is 2.37. The second-order valence-corrected chi connectivity index (χ2v) is 4.49. The first-order chi connectivity index (χ1) is 9.22. The predicted octanol–water partition coefficient (Wildman–Crippen LogP) is 3.27. The van der Waals surface area contributed by atoms with E-state index in [0.717, 1.165) is 17.0 Å². The highest BCUT2D eigenvalue weighted by Gasteiger charge is 2.14. The first-order valence-electron chi connectivity index (χ1n) is 5.78. The van der Waals surface area contributed by atoms with Crippen LogP contribution >= 0.6 is 11.6 Å². The van der Waals surface area contributed by atoms with Crippen molar-refractivity contribution >= 4 is 28.6 Å². The number of nitrogens with zero attached hydrogens (tertiary/aromatic N) is 2. The maximum Gasteiger partial charge on any atom is 0.206 e. The number of imidazole rings is 1. The van der Waals surface area contributed by atoms with Crippen LogP contribution in [0.5, 0.6) is 5.75 Å². The Morgan fingerprint density at radius 2 is 1.95 bits per heavy atom. The van der Waals surface area contributed by atoms with Crippen LogP contribution in [0, 0.1) is 0 Å². The summed E-state index contributed by atoms with van der Waals surface area (Å²) < 4.78 is 7.20. The molecule has 0 bridgehead atoms. The fourth-order valence-electron chi connectivity index (χ4n) is 2.15. The van der Waals surface area contributed by atoms with Crippen molar-refractivity contribution in [2.45, 2.75) is 0 Å². The predicted molar refractivity (Wildman–Crippen MR) is 77.0 cm³/mol. The molecule has 0 unspecified atom stereocenters. The average Bonchev–Trinajstić information content (AvgIpc) is 2.76. The number of fused-ring (bicyclic) bond motifs is 1. The van der Waals surface area contributed by atoms with E-state index in [0.29, 0.717) is 16.5 Å². The van der Waals surface area contributed by atoms with Crippen molar-refractivity contribution in [1.29, 1.82) is 0 Å². The van der Waals surface area contributed by atoms with Crippen molar-refractivity contribution in [3.8, 4) is 11.4 Å². The number of aromatic nitrogens is 2. The van der Waals surface area contributed by atoms with Crippen LogP contribution in [0.2, 0.25) is 5.02 Å². The van der Waals surface area contributed by atoms with Gasteiger partial charge in [0, 0.05) is 0 Å². The highest BCUT2D eigenvalue weighted by molar-refractivity contribution is 6.35. The number of anilines is 1. The van der Waals surface area contributed by atoms with Gasteiger partial charge in [-0.25, -0.2) is 4.98 Å². The molecular formula is C14H12ClN3O. The van der Waals surface area contributed by atoms with Crippen LogP contribution in [-0.2, 0) is 0 Å². The normalized spacial score (nSPS) is 10.8. The van der Waals surface area contributed by atoms with E-state index in [4.69, 9.17) is 22.1 Å². The van der Waals surface area contributed by atoms with E-state index in [1.54, 1.807) is 13.2 Å². The second-order valence-electron chi connectivity index (χ2n) is 4.08. The fraction of sp³-hybridized carbons (Fsp3) is 0.0714. The first kappa shape index (κ1) is 11.9. The Hall–Kier alpha value is -2.20. The number of hydrogen-bond acceptors (Lipinski definition) is 3. The highest BCUT2D eigenvalue weighted by Crippen LogP contribution is 2.31. The van der Waals surface area contributed by atoms with E-state index in [1.165, 1.54) is 0 Å². The summed E-state index contributed by atoms with van der Waals surface area (Å²) in [5.74, 6) is 1.11. The molecule has 0 spiro atoms. The minimum atomic E-state index is 0.382. The van der Waals surface area contributed by atoms with Crippen LogP contribution in [0.1, 0.15) is 0 Å². The Morgan fingerprint density at radius 1 is 1.16 bits per heavy atom. The van der Waals surface area contributed by atoms with Gasteiger partial charge >= 0.3 is 0 Å². The van der Waals surface area contributed by atoms with Crippen LogP contribution in [0.25, 0.3) is 16.7 Å². The zero-order chi connectivity index (χ0) is 13.4. The Bertz CT molecular complexity index is 752. The van der Waals surface area contributed by atoms with Crippen LogP contribution < -0.4 is 10.5 Å². The lowest BCUT2D eigenvalue weighted by molar-refractivity contribution is 0.413. The van der Waals surface area contributed by atoms with Gasteiger partial charge in [0.25, 0.3) is 0 Å². The third-order valence-electron chi connectivity index (χ3n) is 2.99. The standard InChI is InChI=1S/C14H12ClN3O/c1-19-12-8-3-2-6-10(12)18-11-7-4-5-9(15)13(11)17-14(18)16/h2-8H,1H3,(H2,16,17). The zero-order valence-electron chi connectivity index (χ0n) is 10.3. The number of nitrogen functional groups attached to an aromatic ring is 1. The van der Waals surface area contributed by atoms with E-state index < -0.39 is 0 Å². The minimum Gasteiger partial charge on any atom is -0.495 e. The molecule has 4 nitrogen and oxygen atoms in total. The molecule has 0 aliphatic rings. The van der Waals surface area contributed by atoms with Crippen molar-refractivity contribution in [1.82, 2.24) is 9.55 Å². The molecular weight excluding hydrogens is 262 g/mol. The molecule has 96 valence electrons. The lowest BCUT2D eigenvalue weighted by atomic mass is 10.2. The number of halogens is 1. The summed E-state index contributed by atoms with van der Waals surface area (Å²) in [5, 5.41) is 0.581. The smallest absolute Gasteiger partial charge is 0.206 e. The molecule has 1 heterocycles. The van der Waals surface area contributed by atoms with Crippen molar-refractivity contribution < 1.29 is 4.74 Å². The molecule has 3 rings (SSSR count). The number of nitrogens with two attached hydrogens (primary N) is 1. The molecule has 0 aliphatic carbocycles. The van der Waals surface area contributed by atoms with Gasteiger partial charge in [0.1, 0.15) is 11.3 Å². The van der Waals surface area contributed by atoms with E-state index in [9.17, 15) is 0 Å². The van der Waals surface area contributed by atoms with Gasteiger partial charge in [-0.2, -0.15) is 0 Å². The Kier molecular flexibility index (Phi) is 2.80. The summed E-state index contributed by atoms with van der Waals surface area (Å²) >= 11 is 6.14. The first-order valence-corrected chi connectivity index (χ1v) is 6.16. The van der Waals surface area contributed by atoms with Crippen molar-refractivity contribution in [3.63, 3.8) is 0 Å². The molecule has 3 aromatic rings. The summed E-state index contributed by atoms with van der Waals surface area (Å²) in [6.07, 6.45) is 0. The molecule has 0 radical (unpaired) electrons. The van der Waals surface area contributed by atoms with Gasteiger partial charge < -0.3 is 10.5 Å². The molecule has 0 saturated heterocycles.